The maximum Gasteiger partial charge on any atom is 0.216 e. The number of hydrogen-bond acceptors (Lipinski definition) is 3. The predicted molar refractivity (Wildman–Crippen MR) is 99.2 cm³/mol. The molecule has 6 nitrogen and oxygen atoms in total. The second-order valence-corrected chi connectivity index (χ2v) is 10.1. The van der Waals surface area contributed by atoms with Gasteiger partial charge in [0.2, 0.25) is 17.7 Å². The van der Waals surface area contributed by atoms with E-state index in [9.17, 15) is 14.4 Å². The summed E-state index contributed by atoms with van der Waals surface area (Å²) in [5, 5.41) is 9.21. The Morgan fingerprint density at radius 2 is 0.885 bits per heavy atom. The van der Waals surface area contributed by atoms with Gasteiger partial charge < -0.3 is 16.0 Å². The van der Waals surface area contributed by atoms with Gasteiger partial charge in [0.15, 0.2) is 0 Å². The van der Waals surface area contributed by atoms with E-state index in [1.165, 1.54) is 0 Å². The van der Waals surface area contributed by atoms with Crippen molar-refractivity contribution in [3.05, 3.63) is 0 Å². The highest BCUT2D eigenvalue weighted by Crippen LogP contribution is 2.73. The first-order valence-corrected chi connectivity index (χ1v) is 9.73. The van der Waals surface area contributed by atoms with E-state index in [0.29, 0.717) is 19.6 Å². The average molecular weight is 364 g/mol. The van der Waals surface area contributed by atoms with Gasteiger partial charge in [-0.15, -0.1) is 0 Å². The summed E-state index contributed by atoms with van der Waals surface area (Å²) in [6, 6.07) is 0. The van der Waals surface area contributed by atoms with Crippen molar-refractivity contribution in [3.63, 3.8) is 0 Å². The van der Waals surface area contributed by atoms with Crippen LogP contribution in [0.1, 0.15) is 66.2 Å². The monoisotopic (exact) mass is 363 g/mol. The third-order valence-corrected chi connectivity index (χ3v) is 6.79. The van der Waals surface area contributed by atoms with E-state index in [-0.39, 0.29) is 39.4 Å². The van der Waals surface area contributed by atoms with Crippen molar-refractivity contribution in [2.24, 2.45) is 21.7 Å². The Hall–Kier alpha value is -1.59. The molecule has 6 heteroatoms. The average Bonchev–Trinajstić information content (AvgIpc) is 2.47. The Morgan fingerprint density at radius 3 is 1.12 bits per heavy atom. The fourth-order valence-corrected chi connectivity index (χ4v) is 7.35. The fourth-order valence-electron chi connectivity index (χ4n) is 7.35. The van der Waals surface area contributed by atoms with E-state index in [2.05, 4.69) is 22.9 Å². The third-order valence-electron chi connectivity index (χ3n) is 6.79. The standard InChI is InChI=1S/C20H33N3O3/c1-14(24)21-11-18-5-17(4)6-19(8-18,12-22-15(2)25)10-20(7-17,9-18)13-23-16(3)26/h5-13H2,1-4H3,(H,21,24)(H,22,25)(H,23,26). The molecule has 3 amide bonds. The Bertz CT molecular complexity index is 538. The molecule has 0 atom stereocenters. The van der Waals surface area contributed by atoms with Crippen LogP contribution in [0.4, 0.5) is 0 Å². The summed E-state index contributed by atoms with van der Waals surface area (Å²) in [5.74, 6) is 0.0353. The molecular weight excluding hydrogens is 330 g/mol. The first-order chi connectivity index (χ1) is 12.0. The molecule has 146 valence electrons. The second-order valence-electron chi connectivity index (χ2n) is 10.1. The number of hydrogen-bond donors (Lipinski definition) is 3. The van der Waals surface area contributed by atoms with Crippen molar-refractivity contribution < 1.29 is 14.4 Å². The molecule has 0 aromatic rings. The zero-order valence-corrected chi connectivity index (χ0v) is 16.6. The molecular formula is C20H33N3O3. The van der Waals surface area contributed by atoms with Crippen LogP contribution in [-0.4, -0.2) is 37.4 Å². The molecule has 0 aromatic carbocycles. The quantitative estimate of drug-likeness (QED) is 0.672. The van der Waals surface area contributed by atoms with E-state index >= 15 is 0 Å². The Morgan fingerprint density at radius 1 is 0.615 bits per heavy atom. The van der Waals surface area contributed by atoms with Crippen LogP contribution in [0.25, 0.3) is 0 Å². The van der Waals surface area contributed by atoms with Gasteiger partial charge in [0, 0.05) is 40.4 Å². The van der Waals surface area contributed by atoms with Gasteiger partial charge in [0.1, 0.15) is 0 Å². The molecule has 4 saturated carbocycles. The first-order valence-electron chi connectivity index (χ1n) is 9.73. The van der Waals surface area contributed by atoms with Crippen molar-refractivity contribution in [2.75, 3.05) is 19.6 Å². The van der Waals surface area contributed by atoms with Crippen LogP contribution in [-0.2, 0) is 14.4 Å². The zero-order valence-electron chi connectivity index (χ0n) is 16.6. The van der Waals surface area contributed by atoms with Crippen molar-refractivity contribution in [2.45, 2.75) is 66.2 Å². The minimum atomic E-state index is 0.0118. The molecule has 0 unspecified atom stereocenters. The third kappa shape index (κ3) is 3.74. The highest BCUT2D eigenvalue weighted by molar-refractivity contribution is 5.73. The van der Waals surface area contributed by atoms with Crippen LogP contribution in [0.2, 0.25) is 0 Å². The summed E-state index contributed by atoms with van der Waals surface area (Å²) in [7, 11) is 0. The van der Waals surface area contributed by atoms with Gasteiger partial charge in [-0.3, -0.25) is 14.4 Å². The largest absolute Gasteiger partial charge is 0.356 e. The van der Waals surface area contributed by atoms with Gasteiger partial charge in [-0.2, -0.15) is 0 Å². The van der Waals surface area contributed by atoms with Gasteiger partial charge in [0.25, 0.3) is 0 Å². The number of rotatable bonds is 6. The van der Waals surface area contributed by atoms with Crippen LogP contribution in [0, 0.1) is 21.7 Å². The minimum Gasteiger partial charge on any atom is -0.356 e. The first kappa shape index (κ1) is 19.2. The Balaban J connectivity index is 1.91. The van der Waals surface area contributed by atoms with E-state index in [0.717, 1.165) is 38.5 Å². The Kier molecular flexibility index (Phi) is 4.60. The second kappa shape index (κ2) is 6.24. The summed E-state index contributed by atoms with van der Waals surface area (Å²) in [6.07, 6.45) is 6.46. The highest BCUT2D eigenvalue weighted by atomic mass is 16.2. The van der Waals surface area contributed by atoms with Crippen molar-refractivity contribution in [1.82, 2.24) is 16.0 Å². The predicted octanol–water partition coefficient (Wildman–Crippen LogP) is 1.74. The van der Waals surface area contributed by atoms with Gasteiger partial charge >= 0.3 is 0 Å². The summed E-state index contributed by atoms with van der Waals surface area (Å²) in [4.78, 5) is 34.7. The fraction of sp³-hybridized carbons (Fsp3) is 0.850. The molecule has 4 fully saturated rings. The number of amides is 3. The summed E-state index contributed by atoms with van der Waals surface area (Å²) in [6.45, 7) is 9.16. The molecule has 4 aliphatic rings. The van der Waals surface area contributed by atoms with E-state index in [1.54, 1.807) is 20.8 Å². The molecule has 0 spiro atoms. The van der Waals surface area contributed by atoms with Gasteiger partial charge in [0.05, 0.1) is 0 Å². The summed E-state index contributed by atoms with van der Waals surface area (Å²) < 4.78 is 0. The molecule has 0 radical (unpaired) electrons. The topological polar surface area (TPSA) is 87.3 Å². The van der Waals surface area contributed by atoms with Gasteiger partial charge in [-0.1, -0.05) is 6.92 Å². The lowest BCUT2D eigenvalue weighted by atomic mass is 9.35. The van der Waals surface area contributed by atoms with E-state index in [4.69, 9.17) is 0 Å². The highest BCUT2D eigenvalue weighted by Gasteiger charge is 2.66. The molecule has 4 rings (SSSR count). The molecule has 26 heavy (non-hydrogen) atoms. The molecule has 0 aliphatic heterocycles. The lowest BCUT2D eigenvalue weighted by Crippen LogP contribution is -2.66. The van der Waals surface area contributed by atoms with E-state index in [1.807, 2.05) is 0 Å². The van der Waals surface area contributed by atoms with E-state index < -0.39 is 0 Å². The smallest absolute Gasteiger partial charge is 0.216 e. The van der Waals surface area contributed by atoms with Gasteiger partial charge in [-0.05, 0) is 60.2 Å². The number of carbonyl (C=O) groups is 3. The van der Waals surface area contributed by atoms with Crippen LogP contribution in [0.3, 0.4) is 0 Å². The minimum absolute atomic E-state index is 0.0118. The molecule has 3 N–H and O–H groups in total. The van der Waals surface area contributed by atoms with Crippen molar-refractivity contribution in [3.8, 4) is 0 Å². The Labute approximate surface area is 156 Å². The lowest BCUT2D eigenvalue weighted by Gasteiger charge is -2.70. The lowest BCUT2D eigenvalue weighted by molar-refractivity contribution is -0.192. The number of carbonyl (C=O) groups excluding carboxylic acids is 3. The van der Waals surface area contributed by atoms with Crippen LogP contribution in [0.5, 0.6) is 0 Å². The molecule has 0 heterocycles. The normalized spacial score (nSPS) is 40.2. The molecule has 0 aromatic heterocycles. The van der Waals surface area contributed by atoms with Gasteiger partial charge in [-0.25, -0.2) is 0 Å². The van der Waals surface area contributed by atoms with Crippen LogP contribution in [0.15, 0.2) is 0 Å². The molecule has 4 bridgehead atoms. The van der Waals surface area contributed by atoms with Crippen LogP contribution < -0.4 is 16.0 Å². The maximum atomic E-state index is 11.6. The maximum absolute atomic E-state index is 11.6. The molecule has 4 aliphatic carbocycles. The SMILES string of the molecule is CC(=O)NCC12CC3(C)CC(CNC(C)=O)(C1)CC(CNC(C)=O)(C3)C2. The van der Waals surface area contributed by atoms with Crippen molar-refractivity contribution >= 4 is 17.7 Å². The summed E-state index contributed by atoms with van der Waals surface area (Å²) in [5.41, 5.74) is 0.383. The summed E-state index contributed by atoms with van der Waals surface area (Å²) >= 11 is 0. The number of nitrogens with one attached hydrogen (secondary N) is 3. The van der Waals surface area contributed by atoms with Crippen molar-refractivity contribution in [1.29, 1.82) is 0 Å². The molecule has 0 saturated heterocycles. The zero-order chi connectivity index (χ0) is 19.2. The van der Waals surface area contributed by atoms with Crippen LogP contribution >= 0.6 is 0 Å².